The first kappa shape index (κ1) is 17.3. The van der Waals surface area contributed by atoms with Crippen LogP contribution in [0, 0.1) is 0 Å². The number of nitrogens with one attached hydrogen (secondary N) is 1. The fourth-order valence-corrected chi connectivity index (χ4v) is 2.20. The first-order valence-electron chi connectivity index (χ1n) is 7.60. The van der Waals surface area contributed by atoms with Crippen LogP contribution in [0.15, 0.2) is 54.6 Å². The number of hydrogen-bond acceptors (Lipinski definition) is 3. The van der Waals surface area contributed by atoms with Crippen molar-refractivity contribution in [3.8, 4) is 0 Å². The number of benzene rings is 2. The summed E-state index contributed by atoms with van der Waals surface area (Å²) in [6.45, 7) is 0.0982. The van der Waals surface area contributed by atoms with E-state index in [1.165, 1.54) is 0 Å². The molecule has 3 amide bonds. The number of imide groups is 1. The maximum absolute atomic E-state index is 12.2. The molecule has 2 aromatic rings. The molecule has 0 radical (unpaired) electrons. The maximum atomic E-state index is 12.2. The quantitative estimate of drug-likeness (QED) is 0.881. The summed E-state index contributed by atoms with van der Waals surface area (Å²) in [7, 11) is 3.84. The Morgan fingerprint density at radius 1 is 1.00 bits per heavy atom. The highest BCUT2D eigenvalue weighted by molar-refractivity contribution is 5.98. The summed E-state index contributed by atoms with van der Waals surface area (Å²) in [4.78, 5) is 26.3. The van der Waals surface area contributed by atoms with E-state index in [2.05, 4.69) is 5.32 Å². The van der Waals surface area contributed by atoms with Crippen LogP contribution in [0.25, 0.3) is 0 Å². The zero-order valence-corrected chi connectivity index (χ0v) is 13.8. The van der Waals surface area contributed by atoms with Crippen molar-refractivity contribution in [2.24, 2.45) is 0 Å². The topological polar surface area (TPSA) is 72.9 Å². The summed E-state index contributed by atoms with van der Waals surface area (Å²) >= 11 is 0. The van der Waals surface area contributed by atoms with Crippen molar-refractivity contribution in [2.75, 3.05) is 30.9 Å². The van der Waals surface area contributed by atoms with Gasteiger partial charge in [0.25, 0.3) is 0 Å². The number of hydrogen-bond donors (Lipinski definition) is 2. The van der Waals surface area contributed by atoms with E-state index >= 15 is 0 Å². The van der Waals surface area contributed by atoms with Crippen molar-refractivity contribution in [2.45, 2.75) is 6.42 Å². The standard InChI is InChI=1S/C18H21N3O3/c1-20(2)16-10-8-15(9-11-16)19-17(22)21(18(23)24)13-12-14-6-4-3-5-7-14/h3-11H,12-13H2,1-2H3,(H,19,22)(H,23,24). The average molecular weight is 327 g/mol. The molecule has 0 bridgehead atoms. The Morgan fingerprint density at radius 3 is 2.17 bits per heavy atom. The third-order valence-corrected chi connectivity index (χ3v) is 3.58. The molecule has 2 rings (SSSR count). The van der Waals surface area contributed by atoms with Crippen molar-refractivity contribution in [1.29, 1.82) is 0 Å². The van der Waals surface area contributed by atoms with Gasteiger partial charge < -0.3 is 15.3 Å². The zero-order valence-electron chi connectivity index (χ0n) is 13.8. The summed E-state index contributed by atoms with van der Waals surface area (Å²) in [5.41, 5.74) is 2.52. The molecule has 0 spiro atoms. The van der Waals surface area contributed by atoms with Crippen molar-refractivity contribution in [1.82, 2.24) is 4.90 Å². The Labute approximate surface area is 141 Å². The third-order valence-electron chi connectivity index (χ3n) is 3.58. The highest BCUT2D eigenvalue weighted by Gasteiger charge is 2.20. The van der Waals surface area contributed by atoms with Crippen LogP contribution in [0.2, 0.25) is 0 Å². The van der Waals surface area contributed by atoms with Crippen LogP contribution in [0.3, 0.4) is 0 Å². The molecule has 0 aliphatic carbocycles. The van der Waals surface area contributed by atoms with Gasteiger partial charge in [-0.15, -0.1) is 0 Å². The number of carbonyl (C=O) groups is 2. The Morgan fingerprint density at radius 2 is 1.62 bits per heavy atom. The molecule has 24 heavy (non-hydrogen) atoms. The molecule has 0 aliphatic rings. The molecule has 126 valence electrons. The first-order valence-corrected chi connectivity index (χ1v) is 7.60. The Bertz CT molecular complexity index is 684. The number of urea groups is 1. The molecule has 0 aliphatic heterocycles. The Hall–Kier alpha value is -3.02. The highest BCUT2D eigenvalue weighted by Crippen LogP contribution is 2.16. The maximum Gasteiger partial charge on any atom is 0.415 e. The van der Waals surface area contributed by atoms with Crippen molar-refractivity contribution in [3.05, 3.63) is 60.2 Å². The largest absolute Gasteiger partial charge is 0.465 e. The Kier molecular flexibility index (Phi) is 5.78. The second kappa shape index (κ2) is 8.01. The van der Waals surface area contributed by atoms with Gasteiger partial charge in [-0.05, 0) is 36.2 Å². The van der Waals surface area contributed by atoms with Gasteiger partial charge in [-0.2, -0.15) is 0 Å². The van der Waals surface area contributed by atoms with E-state index in [0.29, 0.717) is 12.1 Å². The lowest BCUT2D eigenvalue weighted by Gasteiger charge is -2.18. The molecule has 2 N–H and O–H groups in total. The second-order valence-electron chi connectivity index (χ2n) is 5.54. The van der Waals surface area contributed by atoms with E-state index in [4.69, 9.17) is 0 Å². The van der Waals surface area contributed by atoms with Crippen molar-refractivity contribution < 1.29 is 14.7 Å². The fourth-order valence-electron chi connectivity index (χ4n) is 2.20. The van der Waals surface area contributed by atoms with Crippen LogP contribution < -0.4 is 10.2 Å². The van der Waals surface area contributed by atoms with E-state index in [1.807, 2.05) is 61.5 Å². The van der Waals surface area contributed by atoms with Gasteiger partial charge in [-0.3, -0.25) is 0 Å². The van der Waals surface area contributed by atoms with Gasteiger partial charge >= 0.3 is 12.1 Å². The first-order chi connectivity index (χ1) is 11.5. The van der Waals surface area contributed by atoms with Crippen LogP contribution >= 0.6 is 0 Å². The molecular formula is C18H21N3O3. The minimum absolute atomic E-state index is 0.0982. The zero-order chi connectivity index (χ0) is 17.5. The lowest BCUT2D eigenvalue weighted by Crippen LogP contribution is -2.40. The summed E-state index contributed by atoms with van der Waals surface area (Å²) in [6.07, 6.45) is -0.798. The van der Waals surface area contributed by atoms with Gasteiger partial charge in [0.15, 0.2) is 0 Å². The van der Waals surface area contributed by atoms with Gasteiger partial charge in [-0.25, -0.2) is 14.5 Å². The van der Waals surface area contributed by atoms with Crippen LogP contribution in [-0.4, -0.2) is 42.8 Å². The molecule has 0 heterocycles. The molecule has 0 saturated carbocycles. The molecule has 2 aromatic carbocycles. The molecule has 0 aromatic heterocycles. The molecule has 0 atom stereocenters. The SMILES string of the molecule is CN(C)c1ccc(NC(=O)N(CCc2ccccc2)C(=O)O)cc1. The smallest absolute Gasteiger partial charge is 0.415 e. The summed E-state index contributed by atoms with van der Waals surface area (Å²) < 4.78 is 0. The third kappa shape index (κ3) is 4.74. The van der Waals surface area contributed by atoms with Crippen LogP contribution in [0.1, 0.15) is 5.56 Å². The van der Waals surface area contributed by atoms with E-state index in [1.54, 1.807) is 12.1 Å². The van der Waals surface area contributed by atoms with Crippen LogP contribution in [0.5, 0.6) is 0 Å². The number of amides is 3. The molecular weight excluding hydrogens is 306 g/mol. The Balaban J connectivity index is 1.99. The molecule has 6 nitrogen and oxygen atoms in total. The predicted octanol–water partition coefficient (Wildman–Crippen LogP) is 3.51. The lowest BCUT2D eigenvalue weighted by molar-refractivity contribution is 0.153. The van der Waals surface area contributed by atoms with E-state index in [9.17, 15) is 14.7 Å². The van der Waals surface area contributed by atoms with Gasteiger partial charge in [0.1, 0.15) is 0 Å². The summed E-state index contributed by atoms with van der Waals surface area (Å²) in [5, 5.41) is 11.9. The molecule has 0 unspecified atom stereocenters. The van der Waals surface area contributed by atoms with Gasteiger partial charge in [-0.1, -0.05) is 30.3 Å². The number of carbonyl (C=O) groups excluding carboxylic acids is 1. The van der Waals surface area contributed by atoms with Crippen molar-refractivity contribution in [3.63, 3.8) is 0 Å². The van der Waals surface area contributed by atoms with Gasteiger partial charge in [0, 0.05) is 32.0 Å². The normalized spacial score (nSPS) is 10.1. The monoisotopic (exact) mass is 327 g/mol. The lowest BCUT2D eigenvalue weighted by atomic mass is 10.1. The van der Waals surface area contributed by atoms with Gasteiger partial charge in [0.05, 0.1) is 0 Å². The number of anilines is 2. The molecule has 0 saturated heterocycles. The fraction of sp³-hybridized carbons (Fsp3) is 0.222. The number of carboxylic acid groups (broad SMARTS) is 1. The number of rotatable bonds is 5. The molecule has 0 fully saturated rings. The highest BCUT2D eigenvalue weighted by atomic mass is 16.4. The van der Waals surface area contributed by atoms with Gasteiger partial charge in [0.2, 0.25) is 0 Å². The van der Waals surface area contributed by atoms with Crippen LogP contribution in [0.4, 0.5) is 21.0 Å². The van der Waals surface area contributed by atoms with E-state index in [0.717, 1.165) is 16.2 Å². The van der Waals surface area contributed by atoms with E-state index < -0.39 is 12.1 Å². The van der Waals surface area contributed by atoms with Crippen molar-refractivity contribution >= 4 is 23.5 Å². The second-order valence-corrected chi connectivity index (χ2v) is 5.54. The average Bonchev–Trinajstić information content (AvgIpc) is 2.56. The van der Waals surface area contributed by atoms with E-state index in [-0.39, 0.29) is 6.54 Å². The van der Waals surface area contributed by atoms with Crippen LogP contribution in [-0.2, 0) is 6.42 Å². The molecule has 6 heteroatoms. The number of nitrogens with zero attached hydrogens (tertiary/aromatic N) is 2. The predicted molar refractivity (Wildman–Crippen MR) is 94.7 cm³/mol. The minimum atomic E-state index is -1.27. The minimum Gasteiger partial charge on any atom is -0.465 e. The summed E-state index contributed by atoms with van der Waals surface area (Å²) in [6, 6.07) is 16.0. The summed E-state index contributed by atoms with van der Waals surface area (Å²) in [5.74, 6) is 0.